The minimum Gasteiger partial charge on any atom is -0.369 e. The third-order valence-electron chi connectivity index (χ3n) is 1.76. The van der Waals surface area contributed by atoms with Gasteiger partial charge < -0.3 is 13.3 Å². The normalized spacial score (nSPS) is 15.2. The summed E-state index contributed by atoms with van der Waals surface area (Å²) >= 11 is 0. The highest BCUT2D eigenvalue weighted by atomic mass is 28.4. The van der Waals surface area contributed by atoms with E-state index in [1.54, 1.807) is 41.5 Å². The van der Waals surface area contributed by atoms with E-state index in [-0.39, 0.29) is 0 Å². The Bertz CT molecular complexity index is 211. The summed E-state index contributed by atoms with van der Waals surface area (Å²) in [5, 5.41) is 0. The molecule has 0 saturated carbocycles. The summed E-state index contributed by atoms with van der Waals surface area (Å²) in [5.41, 5.74) is 0. The number of alkyl halides is 3. The van der Waals surface area contributed by atoms with E-state index >= 15 is 0 Å². The molecule has 0 fully saturated rings. The second kappa shape index (κ2) is 7.47. The van der Waals surface area contributed by atoms with Gasteiger partial charge in [-0.2, -0.15) is 0 Å². The van der Waals surface area contributed by atoms with Crippen molar-refractivity contribution in [1.29, 1.82) is 0 Å². The number of halogens is 3. The Morgan fingerprint density at radius 1 is 0.667 bits per heavy atom. The second-order valence-electron chi connectivity index (χ2n) is 4.84. The van der Waals surface area contributed by atoms with Gasteiger partial charge in [0.25, 0.3) is 6.43 Å². The van der Waals surface area contributed by atoms with Gasteiger partial charge in [0.1, 0.15) is 0 Å². The van der Waals surface area contributed by atoms with E-state index in [1.807, 2.05) is 0 Å². The summed E-state index contributed by atoms with van der Waals surface area (Å²) in [5.74, 6) is -2.54. The van der Waals surface area contributed by atoms with Crippen LogP contribution in [-0.4, -0.2) is 39.3 Å². The largest absolute Gasteiger partial charge is 0.543 e. The number of hydrogen-bond acceptors (Lipinski definition) is 3. The van der Waals surface area contributed by atoms with E-state index in [0.717, 1.165) is 0 Å². The van der Waals surface area contributed by atoms with Gasteiger partial charge in [-0.05, 0) is 41.5 Å². The molecule has 0 bridgehead atoms. The lowest BCUT2D eigenvalue weighted by molar-refractivity contribution is -0.0452. The van der Waals surface area contributed by atoms with Crippen LogP contribution >= 0.6 is 0 Å². The molecule has 0 aromatic rings. The maximum Gasteiger partial charge on any atom is 0.543 e. The van der Waals surface area contributed by atoms with Crippen LogP contribution in [0.5, 0.6) is 0 Å². The predicted molar refractivity (Wildman–Crippen MR) is 65.3 cm³/mol. The van der Waals surface area contributed by atoms with E-state index < -0.39 is 39.3 Å². The molecule has 1 atom stereocenters. The van der Waals surface area contributed by atoms with Gasteiger partial charge in [0, 0.05) is 18.3 Å². The van der Waals surface area contributed by atoms with Gasteiger partial charge in [-0.1, -0.05) is 0 Å². The standard InChI is InChI=1S/C11H23F3O3Si/c1-7(2)15-18(16-8(3)4,17-9(5)6)11(14)10(12)13/h7-11H,1-6H3. The van der Waals surface area contributed by atoms with E-state index in [0.29, 0.717) is 0 Å². The van der Waals surface area contributed by atoms with Crippen molar-refractivity contribution in [2.75, 3.05) is 0 Å². The molecule has 0 aliphatic rings. The third-order valence-corrected chi connectivity index (χ3v) is 5.09. The first-order chi connectivity index (χ1) is 8.10. The first kappa shape index (κ1) is 17.9. The highest BCUT2D eigenvalue weighted by molar-refractivity contribution is 6.62. The number of rotatable bonds is 8. The van der Waals surface area contributed by atoms with Crippen LogP contribution in [0.1, 0.15) is 41.5 Å². The monoisotopic (exact) mass is 288 g/mol. The fraction of sp³-hybridized carbons (Fsp3) is 1.00. The maximum atomic E-state index is 13.9. The molecule has 18 heavy (non-hydrogen) atoms. The van der Waals surface area contributed by atoms with Gasteiger partial charge in [-0.15, -0.1) is 0 Å². The second-order valence-corrected chi connectivity index (χ2v) is 7.31. The van der Waals surface area contributed by atoms with E-state index in [2.05, 4.69) is 0 Å². The highest BCUT2D eigenvalue weighted by Gasteiger charge is 2.57. The fourth-order valence-electron chi connectivity index (χ4n) is 1.42. The first-order valence-corrected chi connectivity index (χ1v) is 7.86. The molecule has 0 saturated heterocycles. The average molecular weight is 288 g/mol. The predicted octanol–water partition coefficient (Wildman–Crippen LogP) is 3.34. The SMILES string of the molecule is CC(C)O[Si](OC(C)C)(OC(C)C)C(F)C(F)F. The Balaban J connectivity index is 5.23. The lowest BCUT2D eigenvalue weighted by Gasteiger charge is -2.35. The van der Waals surface area contributed by atoms with E-state index in [1.165, 1.54) is 0 Å². The summed E-state index contributed by atoms with van der Waals surface area (Å²) in [6.07, 6.45) is -4.54. The first-order valence-electron chi connectivity index (χ1n) is 6.06. The molecule has 0 N–H and O–H groups in total. The van der Waals surface area contributed by atoms with Crippen LogP contribution in [0.4, 0.5) is 13.2 Å². The van der Waals surface area contributed by atoms with E-state index in [4.69, 9.17) is 13.3 Å². The molecule has 0 rings (SSSR count). The quantitative estimate of drug-likeness (QED) is 0.641. The maximum absolute atomic E-state index is 13.9. The minimum absolute atomic E-state index is 0.453. The van der Waals surface area contributed by atoms with Crippen molar-refractivity contribution in [3.8, 4) is 0 Å². The van der Waals surface area contributed by atoms with Crippen molar-refractivity contribution in [1.82, 2.24) is 0 Å². The Labute approximate surface area is 108 Å². The molecular formula is C11H23F3O3Si. The van der Waals surface area contributed by atoms with Gasteiger partial charge in [0.05, 0.1) is 0 Å². The molecule has 3 nitrogen and oxygen atoms in total. The molecule has 0 aliphatic heterocycles. The van der Waals surface area contributed by atoms with Crippen LogP contribution in [0.3, 0.4) is 0 Å². The molecule has 7 heteroatoms. The van der Waals surface area contributed by atoms with Crippen LogP contribution in [-0.2, 0) is 13.3 Å². The van der Waals surface area contributed by atoms with Crippen LogP contribution in [0, 0.1) is 0 Å². The number of hydrogen-bond donors (Lipinski definition) is 0. The van der Waals surface area contributed by atoms with Gasteiger partial charge >= 0.3 is 8.80 Å². The summed E-state index contributed by atoms with van der Waals surface area (Å²) in [6.45, 7) is 9.79. The van der Waals surface area contributed by atoms with E-state index in [9.17, 15) is 13.2 Å². The molecule has 0 radical (unpaired) electrons. The molecule has 0 spiro atoms. The van der Waals surface area contributed by atoms with Crippen molar-refractivity contribution >= 4 is 8.80 Å². The van der Waals surface area contributed by atoms with Crippen LogP contribution < -0.4 is 0 Å². The Morgan fingerprint density at radius 3 is 1.11 bits per heavy atom. The summed E-state index contributed by atoms with van der Waals surface area (Å²) in [6, 6.07) is 0. The molecule has 0 aromatic carbocycles. The topological polar surface area (TPSA) is 27.7 Å². The van der Waals surface area contributed by atoms with Crippen LogP contribution in [0.25, 0.3) is 0 Å². The van der Waals surface area contributed by atoms with Crippen LogP contribution in [0.15, 0.2) is 0 Å². The zero-order chi connectivity index (χ0) is 14.5. The zero-order valence-corrected chi connectivity index (χ0v) is 12.7. The molecule has 0 aromatic heterocycles. The lowest BCUT2D eigenvalue weighted by atomic mass is 10.5. The summed E-state index contributed by atoms with van der Waals surface area (Å²) < 4.78 is 55.2. The van der Waals surface area contributed by atoms with Gasteiger partial charge in [0.15, 0.2) is 0 Å². The smallest absolute Gasteiger partial charge is 0.369 e. The van der Waals surface area contributed by atoms with Gasteiger partial charge in [-0.25, -0.2) is 13.2 Å². The summed E-state index contributed by atoms with van der Waals surface area (Å²) in [4.78, 5) is 0. The van der Waals surface area contributed by atoms with Crippen molar-refractivity contribution in [2.24, 2.45) is 0 Å². The molecule has 110 valence electrons. The lowest BCUT2D eigenvalue weighted by Crippen LogP contribution is -2.60. The van der Waals surface area contributed by atoms with Crippen molar-refractivity contribution < 1.29 is 26.4 Å². The minimum atomic E-state index is -4.07. The summed E-state index contributed by atoms with van der Waals surface area (Å²) in [7, 11) is -4.07. The van der Waals surface area contributed by atoms with Crippen LogP contribution in [0.2, 0.25) is 0 Å². The molecule has 0 aliphatic carbocycles. The molecule has 0 amide bonds. The molecule has 1 unspecified atom stereocenters. The Morgan fingerprint density at radius 2 is 0.944 bits per heavy atom. The van der Waals surface area contributed by atoms with Crippen molar-refractivity contribution in [3.05, 3.63) is 0 Å². The Kier molecular flexibility index (Phi) is 7.42. The molecule has 0 heterocycles. The van der Waals surface area contributed by atoms with Gasteiger partial charge in [0.2, 0.25) is 5.79 Å². The average Bonchev–Trinajstić information content (AvgIpc) is 2.12. The molecular weight excluding hydrogens is 265 g/mol. The Hall–Kier alpha value is -0.113. The van der Waals surface area contributed by atoms with Crippen molar-refractivity contribution in [2.45, 2.75) is 72.1 Å². The highest BCUT2D eigenvalue weighted by Crippen LogP contribution is 2.27. The fourth-order valence-corrected chi connectivity index (χ4v) is 4.25. The van der Waals surface area contributed by atoms with Crippen molar-refractivity contribution in [3.63, 3.8) is 0 Å². The third kappa shape index (κ3) is 5.68. The van der Waals surface area contributed by atoms with Gasteiger partial charge in [-0.3, -0.25) is 0 Å². The zero-order valence-electron chi connectivity index (χ0n) is 11.7.